The molecule has 2 unspecified atom stereocenters. The zero-order chi connectivity index (χ0) is 29.8. The number of aromatic hydroxyl groups is 3. The number of aliphatic hydroxyl groups is 2. The third-order valence-electron chi connectivity index (χ3n) is 7.23. The predicted molar refractivity (Wildman–Crippen MR) is 156 cm³/mol. The second-order valence-corrected chi connectivity index (χ2v) is 10.2. The van der Waals surface area contributed by atoms with Crippen LogP contribution in [0.5, 0.6) is 28.7 Å². The Morgan fingerprint density at radius 2 is 1.66 bits per heavy atom. The molecule has 0 aliphatic heterocycles. The molecule has 0 aromatic heterocycles. The van der Waals surface area contributed by atoms with E-state index in [9.17, 15) is 30.3 Å². The highest BCUT2D eigenvalue weighted by atomic mass is 16.5. The van der Waals surface area contributed by atoms with E-state index < -0.39 is 6.10 Å². The largest absolute Gasteiger partial charge is 0.504 e. The maximum Gasteiger partial charge on any atom is 0.200 e. The predicted octanol–water partition coefficient (Wildman–Crippen LogP) is 4.09. The first-order chi connectivity index (χ1) is 19.7. The smallest absolute Gasteiger partial charge is 0.200 e. The summed E-state index contributed by atoms with van der Waals surface area (Å²) in [4.78, 5) is 12.8. The van der Waals surface area contributed by atoms with Crippen LogP contribution in [-0.4, -0.2) is 57.9 Å². The number of benzene rings is 3. The van der Waals surface area contributed by atoms with Crippen molar-refractivity contribution in [3.8, 4) is 28.7 Å². The zero-order valence-corrected chi connectivity index (χ0v) is 23.5. The van der Waals surface area contributed by atoms with Gasteiger partial charge in [0.1, 0.15) is 12.5 Å². The molecule has 0 spiro atoms. The summed E-state index contributed by atoms with van der Waals surface area (Å²) >= 11 is 0. The summed E-state index contributed by atoms with van der Waals surface area (Å²) in [5, 5.41) is 50.5. The van der Waals surface area contributed by atoms with E-state index in [4.69, 9.17) is 15.2 Å². The van der Waals surface area contributed by atoms with E-state index in [0.717, 1.165) is 23.1 Å². The van der Waals surface area contributed by atoms with Gasteiger partial charge in [-0.1, -0.05) is 30.3 Å². The van der Waals surface area contributed by atoms with Crippen molar-refractivity contribution in [3.63, 3.8) is 0 Å². The average Bonchev–Trinajstić information content (AvgIpc) is 2.96. The average molecular weight is 568 g/mol. The Labute approximate surface area is 240 Å². The van der Waals surface area contributed by atoms with Crippen LogP contribution in [0.3, 0.4) is 0 Å². The van der Waals surface area contributed by atoms with Crippen molar-refractivity contribution in [1.29, 1.82) is 0 Å². The van der Waals surface area contributed by atoms with Gasteiger partial charge in [-0.3, -0.25) is 10.5 Å². The van der Waals surface area contributed by atoms with Crippen LogP contribution in [0.1, 0.15) is 60.3 Å². The Hall–Kier alpha value is -3.79. The van der Waals surface area contributed by atoms with Crippen LogP contribution in [0.15, 0.2) is 54.6 Å². The maximum absolute atomic E-state index is 12.8. The number of nitrogens with two attached hydrogens (primary N) is 1. The minimum Gasteiger partial charge on any atom is -0.504 e. The number of hydrogen-bond donors (Lipinski definition) is 6. The van der Waals surface area contributed by atoms with E-state index in [1.807, 2.05) is 24.3 Å². The van der Waals surface area contributed by atoms with Crippen LogP contribution < -0.4 is 15.2 Å². The van der Waals surface area contributed by atoms with Crippen molar-refractivity contribution in [2.45, 2.75) is 63.4 Å². The second-order valence-electron chi connectivity index (χ2n) is 10.2. The zero-order valence-electron chi connectivity index (χ0n) is 23.5. The van der Waals surface area contributed by atoms with E-state index in [1.165, 1.54) is 19.2 Å². The first-order valence-corrected chi connectivity index (χ1v) is 13.9. The van der Waals surface area contributed by atoms with E-state index in [2.05, 4.69) is 0 Å². The summed E-state index contributed by atoms with van der Waals surface area (Å²) in [6.45, 7) is 0.0291. The van der Waals surface area contributed by atoms with Crippen molar-refractivity contribution >= 4 is 5.78 Å². The van der Waals surface area contributed by atoms with Crippen LogP contribution in [0.2, 0.25) is 0 Å². The minimum atomic E-state index is -0.921. The molecule has 0 aliphatic carbocycles. The van der Waals surface area contributed by atoms with Crippen molar-refractivity contribution in [3.05, 3.63) is 76.9 Å². The van der Waals surface area contributed by atoms with Crippen LogP contribution in [-0.2, 0) is 24.1 Å². The molecule has 0 saturated carbocycles. The van der Waals surface area contributed by atoms with Crippen LogP contribution >= 0.6 is 0 Å². The fraction of sp³-hybridized carbons (Fsp3) is 0.406. The number of hydrogen-bond acceptors (Lipinski definition) is 9. The van der Waals surface area contributed by atoms with Crippen LogP contribution in [0, 0.1) is 0 Å². The normalized spacial score (nSPS) is 12.6. The first kappa shape index (κ1) is 31.7. The molecule has 9 heteroatoms. The van der Waals surface area contributed by atoms with Gasteiger partial charge in [0.05, 0.1) is 13.2 Å². The Bertz CT molecular complexity index is 1280. The highest BCUT2D eigenvalue weighted by Crippen LogP contribution is 2.40. The lowest BCUT2D eigenvalue weighted by molar-refractivity contribution is -0.121. The van der Waals surface area contributed by atoms with Gasteiger partial charge in [-0.05, 0) is 91.0 Å². The topological polar surface area (TPSA) is 163 Å². The number of Topliss-reactive ketones (excluding diaryl/α,β-unsaturated/α-hetero) is 1. The number of phenols is 3. The summed E-state index contributed by atoms with van der Waals surface area (Å²) in [6.07, 6.45) is 2.66. The molecule has 0 aliphatic rings. The van der Waals surface area contributed by atoms with Gasteiger partial charge in [-0.25, -0.2) is 0 Å². The molecule has 41 heavy (non-hydrogen) atoms. The molecular weight excluding hydrogens is 526 g/mol. The van der Waals surface area contributed by atoms with Crippen molar-refractivity contribution in [2.75, 3.05) is 20.4 Å². The van der Waals surface area contributed by atoms with Crippen LogP contribution in [0.4, 0.5) is 0 Å². The molecule has 9 nitrogen and oxygen atoms in total. The fourth-order valence-electron chi connectivity index (χ4n) is 5.05. The second kappa shape index (κ2) is 15.9. The van der Waals surface area contributed by atoms with Crippen LogP contribution in [0.25, 0.3) is 0 Å². The first-order valence-electron chi connectivity index (χ1n) is 13.9. The van der Waals surface area contributed by atoms with E-state index in [-0.39, 0.29) is 73.0 Å². The molecule has 0 bridgehead atoms. The lowest BCUT2D eigenvalue weighted by atomic mass is 9.85. The van der Waals surface area contributed by atoms with E-state index >= 15 is 0 Å². The van der Waals surface area contributed by atoms with Gasteiger partial charge in [0.2, 0.25) is 5.75 Å². The van der Waals surface area contributed by atoms with E-state index in [0.29, 0.717) is 31.2 Å². The molecule has 0 amide bonds. The number of ketones is 1. The van der Waals surface area contributed by atoms with Gasteiger partial charge < -0.3 is 35.0 Å². The van der Waals surface area contributed by atoms with Gasteiger partial charge in [0.25, 0.3) is 0 Å². The van der Waals surface area contributed by atoms with Crippen molar-refractivity contribution in [1.82, 2.24) is 0 Å². The summed E-state index contributed by atoms with van der Waals surface area (Å²) in [6, 6.07) is 16.0. The minimum absolute atomic E-state index is 0.0279. The maximum atomic E-state index is 12.8. The number of aliphatic hydroxyl groups excluding tert-OH is 2. The summed E-state index contributed by atoms with van der Waals surface area (Å²) < 4.78 is 10.4. The van der Waals surface area contributed by atoms with Crippen molar-refractivity contribution < 1.29 is 39.8 Å². The lowest BCUT2D eigenvalue weighted by Gasteiger charge is -2.22. The van der Waals surface area contributed by atoms with E-state index in [1.54, 1.807) is 18.2 Å². The standard InChI is InChI=1S/C32H41NO8/c1-40-31-18-25(17-29(38)32(31)39)24(11-10-23-6-3-2-5-22(23)7-4-14-34)16-27(36)19-26(35)12-8-21-9-13-28(37)30(15-21)41-20-33/h2-3,5-6,9,13,15,17-18,24,27,34,36-39H,4,7-8,10-12,14,16,19-20,33H2,1H3. The fourth-order valence-corrected chi connectivity index (χ4v) is 5.05. The molecular formula is C32H41NO8. The monoisotopic (exact) mass is 567 g/mol. The third-order valence-corrected chi connectivity index (χ3v) is 7.23. The highest BCUT2D eigenvalue weighted by molar-refractivity contribution is 5.79. The molecule has 0 saturated heterocycles. The lowest BCUT2D eigenvalue weighted by Crippen LogP contribution is -2.18. The summed E-state index contributed by atoms with van der Waals surface area (Å²) in [5.74, 6) is -0.653. The molecule has 2 atom stereocenters. The molecule has 7 N–H and O–H groups in total. The Kier molecular flexibility index (Phi) is 12.3. The number of phenolic OH excluding ortho intramolecular Hbond substituents is 3. The van der Waals surface area contributed by atoms with Gasteiger partial charge in [0, 0.05) is 19.4 Å². The number of ether oxygens (including phenoxy) is 2. The highest BCUT2D eigenvalue weighted by Gasteiger charge is 2.22. The molecule has 0 radical (unpaired) electrons. The number of rotatable bonds is 17. The Balaban J connectivity index is 1.71. The summed E-state index contributed by atoms with van der Waals surface area (Å²) in [7, 11) is 1.40. The van der Waals surface area contributed by atoms with Crippen molar-refractivity contribution in [2.24, 2.45) is 5.73 Å². The number of carbonyl (C=O) groups excluding carboxylic acids is 1. The quantitative estimate of drug-likeness (QED) is 0.104. The SMILES string of the molecule is COc1cc(C(CCc2ccccc2CCCO)CC(O)CC(=O)CCc2ccc(O)c(OCN)c2)cc(O)c1O. The number of carbonyl (C=O) groups is 1. The van der Waals surface area contributed by atoms with Gasteiger partial charge in [-0.15, -0.1) is 0 Å². The van der Waals surface area contributed by atoms with Gasteiger partial charge in [-0.2, -0.15) is 0 Å². The number of aryl methyl sites for hydroxylation is 3. The number of methoxy groups -OCH3 is 1. The third kappa shape index (κ3) is 9.38. The van der Waals surface area contributed by atoms with Gasteiger partial charge in [0.15, 0.2) is 23.0 Å². The molecule has 3 aromatic rings. The summed E-state index contributed by atoms with van der Waals surface area (Å²) in [5.41, 5.74) is 9.17. The molecule has 0 heterocycles. The molecule has 222 valence electrons. The Morgan fingerprint density at radius 3 is 2.34 bits per heavy atom. The molecule has 3 rings (SSSR count). The van der Waals surface area contributed by atoms with Gasteiger partial charge >= 0.3 is 0 Å². The molecule has 3 aromatic carbocycles. The molecule has 0 fully saturated rings. The Morgan fingerprint density at radius 1 is 0.927 bits per heavy atom.